The van der Waals surface area contributed by atoms with Crippen molar-refractivity contribution in [2.24, 2.45) is 0 Å². The molecule has 32 heavy (non-hydrogen) atoms. The summed E-state index contributed by atoms with van der Waals surface area (Å²) >= 11 is 0. The quantitative estimate of drug-likeness (QED) is 0.313. The number of hydrogen-bond acceptors (Lipinski definition) is 5. The average Bonchev–Trinajstić information content (AvgIpc) is 2.66. The fourth-order valence-electron chi connectivity index (χ4n) is 2.91. The van der Waals surface area contributed by atoms with E-state index in [-0.39, 0.29) is 52.2 Å². The van der Waals surface area contributed by atoms with Crippen molar-refractivity contribution in [3.05, 3.63) is 94.5 Å². The number of hydrogen-bond donors (Lipinski definition) is 0. The number of carbonyl (C=O) groups is 1. The van der Waals surface area contributed by atoms with E-state index < -0.39 is 25.3 Å². The van der Waals surface area contributed by atoms with Gasteiger partial charge in [0.05, 0.1) is 5.56 Å². The van der Waals surface area contributed by atoms with Crippen molar-refractivity contribution in [1.82, 2.24) is 0 Å². The van der Waals surface area contributed by atoms with Gasteiger partial charge in [0.15, 0.2) is 5.78 Å². The van der Waals surface area contributed by atoms with Gasteiger partial charge in [0.1, 0.15) is 11.5 Å². The van der Waals surface area contributed by atoms with Crippen LogP contribution in [0.4, 0.5) is 13.2 Å². The Bertz CT molecular complexity index is 1130. The van der Waals surface area contributed by atoms with Crippen molar-refractivity contribution in [2.75, 3.05) is 0 Å². The van der Waals surface area contributed by atoms with Crippen molar-refractivity contribution in [3.63, 3.8) is 0 Å². The van der Waals surface area contributed by atoms with Crippen molar-refractivity contribution < 1.29 is 66.0 Å². The first-order valence-corrected chi connectivity index (χ1v) is 10.5. The molecule has 0 saturated heterocycles. The predicted octanol–water partition coefficient (Wildman–Crippen LogP) is 2.48. The van der Waals surface area contributed by atoms with Crippen molar-refractivity contribution in [3.8, 4) is 11.5 Å². The van der Waals surface area contributed by atoms with Gasteiger partial charge in [-0.15, -0.1) is 0 Å². The predicted molar refractivity (Wildman–Crippen MR) is 106 cm³/mol. The van der Waals surface area contributed by atoms with Crippen molar-refractivity contribution >= 4 is 13.6 Å². The zero-order valence-corrected chi connectivity index (χ0v) is 20.4. The molecule has 0 aromatic heterocycles. The number of halogens is 3. The Hall–Kier alpha value is -2.09. The number of rotatable bonds is 6. The Morgan fingerprint density at radius 2 is 1.25 bits per heavy atom. The minimum absolute atomic E-state index is 0. The largest absolute Gasteiger partial charge is 1.00 e. The molecule has 0 radical (unpaired) electrons. The van der Waals surface area contributed by atoms with Crippen LogP contribution in [-0.4, -0.2) is 5.78 Å². The van der Waals surface area contributed by atoms with Gasteiger partial charge < -0.3 is 13.9 Å². The summed E-state index contributed by atoms with van der Waals surface area (Å²) < 4.78 is 60.0. The van der Waals surface area contributed by atoms with Crippen LogP contribution in [0, 0.1) is 13.8 Å². The molecule has 3 rings (SSSR count). The summed E-state index contributed by atoms with van der Waals surface area (Å²) in [7, 11) is -4.74. The molecule has 1 atom stereocenters. The van der Waals surface area contributed by atoms with Gasteiger partial charge in [0.2, 0.25) is 0 Å². The molecule has 1 unspecified atom stereocenters. The molecule has 5 nitrogen and oxygen atoms in total. The summed E-state index contributed by atoms with van der Waals surface area (Å²) in [4.78, 5) is 24.6. The fraction of sp³-hybridized carbons (Fsp3) is 0.136. The van der Waals surface area contributed by atoms with Gasteiger partial charge in [-0.1, -0.05) is 18.2 Å². The van der Waals surface area contributed by atoms with Crippen LogP contribution in [0.1, 0.15) is 32.6 Å². The van der Waals surface area contributed by atoms with Crippen LogP contribution in [0.3, 0.4) is 0 Å². The van der Waals surface area contributed by atoms with E-state index in [0.717, 1.165) is 35.4 Å². The molecule has 0 heterocycles. The number of carbonyl (C=O) groups excluding carboxylic acids is 1. The number of aryl methyl sites for hydroxylation is 2. The minimum Gasteiger partial charge on any atom is -0.736 e. The third kappa shape index (κ3) is 6.95. The van der Waals surface area contributed by atoms with Crippen LogP contribution in [0.15, 0.2) is 66.7 Å². The van der Waals surface area contributed by atoms with Gasteiger partial charge in [-0.05, 0) is 73.5 Å². The van der Waals surface area contributed by atoms with Gasteiger partial charge in [-0.2, -0.15) is 13.2 Å². The molecular weight excluding hydrogens is 455 g/mol. The minimum atomic E-state index is -4.74. The topological polar surface area (TPSA) is 75.7 Å². The molecule has 0 aliphatic carbocycles. The molecule has 10 heteroatoms. The third-order valence-electron chi connectivity index (χ3n) is 4.22. The third-order valence-corrected chi connectivity index (χ3v) is 5.09. The van der Waals surface area contributed by atoms with Crippen LogP contribution in [0.25, 0.3) is 0 Å². The number of benzene rings is 3. The first kappa shape index (κ1) is 26.2. The fourth-order valence-corrected chi connectivity index (χ4v) is 3.69. The first-order valence-electron chi connectivity index (χ1n) is 9.03. The van der Waals surface area contributed by atoms with Gasteiger partial charge in [-0.25, -0.2) is 4.57 Å². The molecule has 0 N–H and O–H groups in total. The number of phosphoric acid groups is 1. The van der Waals surface area contributed by atoms with Gasteiger partial charge in [-0.3, -0.25) is 4.79 Å². The van der Waals surface area contributed by atoms with E-state index in [4.69, 9.17) is 9.05 Å². The normalized spacial score (nSPS) is 12.9. The summed E-state index contributed by atoms with van der Waals surface area (Å²) in [6, 6.07) is 13.9. The van der Waals surface area contributed by atoms with Gasteiger partial charge >= 0.3 is 43.6 Å². The van der Waals surface area contributed by atoms with Crippen LogP contribution in [0.5, 0.6) is 11.5 Å². The Morgan fingerprint density at radius 3 is 1.72 bits per heavy atom. The molecule has 0 spiro atoms. The number of phosphoric ester groups is 1. The Labute approximate surface area is 205 Å². The van der Waals surface area contributed by atoms with E-state index in [2.05, 4.69) is 0 Å². The van der Waals surface area contributed by atoms with E-state index in [9.17, 15) is 27.4 Å². The van der Waals surface area contributed by atoms with E-state index in [1.54, 1.807) is 26.0 Å². The van der Waals surface area contributed by atoms with Crippen LogP contribution in [0.2, 0.25) is 0 Å². The van der Waals surface area contributed by atoms with Crippen molar-refractivity contribution in [1.29, 1.82) is 0 Å². The maximum atomic E-state index is 12.6. The smallest absolute Gasteiger partial charge is 0.736 e. The van der Waals surface area contributed by atoms with Crippen molar-refractivity contribution in [2.45, 2.75) is 20.0 Å². The molecule has 162 valence electrons. The zero-order chi connectivity index (χ0) is 22.8. The Morgan fingerprint density at radius 1 is 0.812 bits per heavy atom. The first-order chi connectivity index (χ1) is 14.4. The Kier molecular flexibility index (Phi) is 8.37. The second-order valence-electron chi connectivity index (χ2n) is 6.88. The second-order valence-corrected chi connectivity index (χ2v) is 8.14. The van der Waals surface area contributed by atoms with Gasteiger partial charge in [0, 0.05) is 11.1 Å². The van der Waals surface area contributed by atoms with Crippen LogP contribution >= 0.6 is 7.82 Å². The van der Waals surface area contributed by atoms with E-state index in [0.29, 0.717) is 0 Å². The molecule has 3 aromatic rings. The molecule has 0 aliphatic rings. The summed E-state index contributed by atoms with van der Waals surface area (Å²) in [5, 5.41) is 0. The van der Waals surface area contributed by atoms with Gasteiger partial charge in [0.25, 0.3) is 0 Å². The summed E-state index contributed by atoms with van der Waals surface area (Å²) in [6.07, 6.45) is -4.49. The summed E-state index contributed by atoms with van der Waals surface area (Å²) in [5.74, 6) is -0.478. The molecule has 3 aromatic carbocycles. The Balaban J connectivity index is 0.00000363. The SMILES string of the molecule is Cc1cc(C)cc(OP(=O)([O-])Oc2ccc(C(=O)c3ccc(C(F)(F)F)cc3)cc2)c1.[Na+]. The standard InChI is InChI=1S/C22H18F3O5P.Na/c1-14-11-15(2)13-20(12-14)30-31(27,28)29-19-9-5-17(6-10-19)21(26)16-3-7-18(8-4-16)22(23,24)25;/h3-13H,1-2H3,(H,27,28);/q;+1/p-1. The maximum Gasteiger partial charge on any atom is 1.00 e. The average molecular weight is 472 g/mol. The summed E-state index contributed by atoms with van der Waals surface area (Å²) in [5.41, 5.74) is 1.00. The summed E-state index contributed by atoms with van der Waals surface area (Å²) in [6.45, 7) is 3.59. The molecule has 0 bridgehead atoms. The number of alkyl halides is 3. The van der Waals surface area contributed by atoms with Crippen LogP contribution in [-0.2, 0) is 10.7 Å². The monoisotopic (exact) mass is 472 g/mol. The maximum absolute atomic E-state index is 12.6. The van der Waals surface area contributed by atoms with E-state index in [1.165, 1.54) is 24.3 Å². The molecular formula is C22H17F3NaO5P. The zero-order valence-electron chi connectivity index (χ0n) is 17.5. The van der Waals surface area contributed by atoms with E-state index in [1.807, 2.05) is 6.07 Å². The number of ketones is 1. The molecule has 0 fully saturated rings. The second kappa shape index (κ2) is 10.2. The van der Waals surface area contributed by atoms with Crippen LogP contribution < -0.4 is 43.5 Å². The molecule has 0 aliphatic heterocycles. The molecule has 0 amide bonds. The molecule has 0 saturated carbocycles. The van der Waals surface area contributed by atoms with E-state index >= 15 is 0 Å².